The maximum absolute atomic E-state index is 12.3. The molecular formula is C12H17F3N2O4. The minimum atomic E-state index is -4.52. The number of hydrogen-bond donors (Lipinski definition) is 2. The van der Waals surface area contributed by atoms with Gasteiger partial charge in [-0.3, -0.25) is 9.59 Å². The minimum Gasteiger partial charge on any atom is -0.480 e. The van der Waals surface area contributed by atoms with E-state index in [2.05, 4.69) is 5.32 Å². The molecule has 1 rings (SSSR count). The first kappa shape index (κ1) is 17.3. The molecule has 9 heteroatoms. The maximum Gasteiger partial charge on any atom is 0.406 e. The summed E-state index contributed by atoms with van der Waals surface area (Å²) in [5, 5.41) is 11.2. The van der Waals surface area contributed by atoms with Crippen molar-refractivity contribution in [3.8, 4) is 0 Å². The summed E-state index contributed by atoms with van der Waals surface area (Å²) in [4.78, 5) is 34.8. The summed E-state index contributed by atoms with van der Waals surface area (Å²) < 4.78 is 36.8. The second kappa shape index (κ2) is 6.77. The number of nitrogens with one attached hydrogen (secondary N) is 1. The molecule has 0 bridgehead atoms. The monoisotopic (exact) mass is 310 g/mol. The number of likely N-dealkylation sites (tertiary alicyclic amines) is 1. The molecule has 0 aromatic heterocycles. The van der Waals surface area contributed by atoms with Crippen molar-refractivity contribution in [2.24, 2.45) is 5.92 Å². The molecule has 0 unspecified atom stereocenters. The predicted octanol–water partition coefficient (Wildman–Crippen LogP) is 0.767. The van der Waals surface area contributed by atoms with Gasteiger partial charge in [-0.25, -0.2) is 4.79 Å². The molecule has 21 heavy (non-hydrogen) atoms. The lowest BCUT2D eigenvalue weighted by Gasteiger charge is -2.19. The Bertz CT molecular complexity index is 425. The molecular weight excluding hydrogens is 293 g/mol. The molecule has 6 nitrogen and oxygen atoms in total. The van der Waals surface area contributed by atoms with Crippen molar-refractivity contribution in [1.29, 1.82) is 0 Å². The molecule has 1 heterocycles. The number of carboxylic acids is 1. The summed E-state index contributed by atoms with van der Waals surface area (Å²) in [6.45, 7) is 0.00182. The molecule has 0 aromatic rings. The average Bonchev–Trinajstić information content (AvgIpc) is 2.68. The normalized spacial score (nSPS) is 20.5. The highest BCUT2D eigenvalue weighted by Gasteiger charge is 2.41. The van der Waals surface area contributed by atoms with Crippen LogP contribution in [-0.4, -0.2) is 53.1 Å². The molecule has 1 fully saturated rings. The molecule has 2 amide bonds. The Kier molecular flexibility index (Phi) is 5.56. The average molecular weight is 310 g/mol. The van der Waals surface area contributed by atoms with Gasteiger partial charge < -0.3 is 15.3 Å². The second-order valence-corrected chi connectivity index (χ2v) is 4.98. The first-order valence-electron chi connectivity index (χ1n) is 6.51. The van der Waals surface area contributed by atoms with Crippen molar-refractivity contribution < 1.29 is 32.7 Å². The molecule has 1 saturated heterocycles. The van der Waals surface area contributed by atoms with Crippen LogP contribution < -0.4 is 5.32 Å². The number of aliphatic carboxylic acids is 1. The fraction of sp³-hybridized carbons (Fsp3) is 0.750. The summed E-state index contributed by atoms with van der Waals surface area (Å²) in [6.07, 6.45) is -4.11. The highest BCUT2D eigenvalue weighted by atomic mass is 19.4. The van der Waals surface area contributed by atoms with Gasteiger partial charge in [0.1, 0.15) is 12.6 Å². The van der Waals surface area contributed by atoms with Gasteiger partial charge in [-0.05, 0) is 6.42 Å². The summed E-state index contributed by atoms with van der Waals surface area (Å²) in [5.41, 5.74) is 0. The highest BCUT2D eigenvalue weighted by molar-refractivity contribution is 5.91. The zero-order valence-corrected chi connectivity index (χ0v) is 11.4. The van der Waals surface area contributed by atoms with E-state index in [1.165, 1.54) is 0 Å². The number of hydrogen-bond acceptors (Lipinski definition) is 3. The van der Waals surface area contributed by atoms with Crippen LogP contribution in [0.4, 0.5) is 13.2 Å². The Morgan fingerprint density at radius 1 is 1.48 bits per heavy atom. The van der Waals surface area contributed by atoms with E-state index in [1.54, 1.807) is 6.92 Å². The van der Waals surface area contributed by atoms with E-state index in [0.29, 0.717) is 11.3 Å². The van der Waals surface area contributed by atoms with Crippen LogP contribution in [0.2, 0.25) is 0 Å². The smallest absolute Gasteiger partial charge is 0.406 e. The number of carbonyl (C=O) groups is 3. The summed E-state index contributed by atoms with van der Waals surface area (Å²) >= 11 is 0. The fourth-order valence-corrected chi connectivity index (χ4v) is 2.15. The highest BCUT2D eigenvalue weighted by Crippen LogP contribution is 2.24. The minimum absolute atomic E-state index is 0.216. The largest absolute Gasteiger partial charge is 0.480 e. The molecule has 0 radical (unpaired) electrons. The van der Waals surface area contributed by atoms with Gasteiger partial charge >= 0.3 is 12.1 Å². The standard InChI is InChI=1S/C12H17F3N2O4/c1-2-3-8(11(20)21)16-10(19)7-4-9(18)17(5-7)6-12(13,14)15/h7-8H,2-6H2,1H3,(H,16,19)(H,20,21)/t7-,8+/m1/s1. The van der Waals surface area contributed by atoms with Gasteiger partial charge in [0, 0.05) is 13.0 Å². The van der Waals surface area contributed by atoms with Gasteiger partial charge in [0.25, 0.3) is 0 Å². The van der Waals surface area contributed by atoms with E-state index in [-0.39, 0.29) is 19.4 Å². The van der Waals surface area contributed by atoms with Crippen molar-refractivity contribution in [2.45, 2.75) is 38.4 Å². The quantitative estimate of drug-likeness (QED) is 0.758. The van der Waals surface area contributed by atoms with Crippen LogP contribution in [0.5, 0.6) is 0 Å². The number of amides is 2. The van der Waals surface area contributed by atoms with E-state index in [9.17, 15) is 27.6 Å². The first-order chi connectivity index (χ1) is 9.64. The fourth-order valence-electron chi connectivity index (χ4n) is 2.15. The number of carboxylic acid groups (broad SMARTS) is 1. The third-order valence-corrected chi connectivity index (χ3v) is 3.15. The van der Waals surface area contributed by atoms with Crippen LogP contribution in [-0.2, 0) is 14.4 Å². The molecule has 0 saturated carbocycles. The molecule has 0 aromatic carbocycles. The van der Waals surface area contributed by atoms with Gasteiger partial charge in [0.2, 0.25) is 11.8 Å². The number of halogens is 3. The van der Waals surface area contributed by atoms with Crippen LogP contribution in [0.3, 0.4) is 0 Å². The van der Waals surface area contributed by atoms with Crippen LogP contribution in [0.15, 0.2) is 0 Å². The summed E-state index contributed by atoms with van der Waals surface area (Å²) in [6, 6.07) is -1.09. The second-order valence-electron chi connectivity index (χ2n) is 4.98. The van der Waals surface area contributed by atoms with Crippen molar-refractivity contribution in [1.82, 2.24) is 10.2 Å². The third-order valence-electron chi connectivity index (χ3n) is 3.15. The van der Waals surface area contributed by atoms with Crippen LogP contribution in [0.25, 0.3) is 0 Å². The van der Waals surface area contributed by atoms with Crippen LogP contribution in [0, 0.1) is 5.92 Å². The third kappa shape index (κ3) is 5.24. The van der Waals surface area contributed by atoms with Crippen molar-refractivity contribution in [2.75, 3.05) is 13.1 Å². The number of rotatable bonds is 6. The maximum atomic E-state index is 12.3. The zero-order valence-electron chi connectivity index (χ0n) is 11.4. The Morgan fingerprint density at radius 3 is 2.57 bits per heavy atom. The van der Waals surface area contributed by atoms with Gasteiger partial charge in [-0.15, -0.1) is 0 Å². The van der Waals surface area contributed by atoms with E-state index >= 15 is 0 Å². The van der Waals surface area contributed by atoms with E-state index < -0.39 is 42.5 Å². The van der Waals surface area contributed by atoms with E-state index in [1.807, 2.05) is 0 Å². The Hall–Kier alpha value is -1.80. The SMILES string of the molecule is CCC[C@H](NC(=O)[C@@H]1CC(=O)N(CC(F)(F)F)C1)C(=O)O. The lowest BCUT2D eigenvalue weighted by Crippen LogP contribution is -2.44. The van der Waals surface area contributed by atoms with E-state index in [4.69, 9.17) is 5.11 Å². The van der Waals surface area contributed by atoms with Crippen molar-refractivity contribution in [3.05, 3.63) is 0 Å². The van der Waals surface area contributed by atoms with Crippen molar-refractivity contribution >= 4 is 17.8 Å². The van der Waals surface area contributed by atoms with E-state index in [0.717, 1.165) is 0 Å². The number of carbonyl (C=O) groups excluding carboxylic acids is 2. The summed E-state index contributed by atoms with van der Waals surface area (Å²) in [5.74, 6) is -3.61. The Morgan fingerprint density at radius 2 is 2.10 bits per heavy atom. The molecule has 120 valence electrons. The van der Waals surface area contributed by atoms with Crippen molar-refractivity contribution in [3.63, 3.8) is 0 Å². The predicted molar refractivity (Wildman–Crippen MR) is 65.2 cm³/mol. The van der Waals surface area contributed by atoms with Gasteiger partial charge in [0.15, 0.2) is 0 Å². The molecule has 1 aliphatic heterocycles. The van der Waals surface area contributed by atoms with Crippen LogP contribution in [0.1, 0.15) is 26.2 Å². The lowest BCUT2D eigenvalue weighted by atomic mass is 10.1. The molecule has 0 aliphatic carbocycles. The molecule has 1 aliphatic rings. The van der Waals surface area contributed by atoms with Crippen LogP contribution >= 0.6 is 0 Å². The van der Waals surface area contributed by atoms with Gasteiger partial charge in [-0.2, -0.15) is 13.2 Å². The number of alkyl halides is 3. The first-order valence-corrected chi connectivity index (χ1v) is 6.51. The van der Waals surface area contributed by atoms with Gasteiger partial charge in [-0.1, -0.05) is 13.3 Å². The summed E-state index contributed by atoms with van der Waals surface area (Å²) in [7, 11) is 0. The van der Waals surface area contributed by atoms with Gasteiger partial charge in [0.05, 0.1) is 5.92 Å². The molecule has 2 atom stereocenters. The zero-order chi connectivity index (χ0) is 16.2. The topological polar surface area (TPSA) is 86.7 Å². The molecule has 2 N–H and O–H groups in total. The number of nitrogens with zero attached hydrogens (tertiary/aromatic N) is 1. The lowest BCUT2D eigenvalue weighted by molar-refractivity contribution is -0.157. The molecule has 0 spiro atoms. The Labute approximate surface area is 119 Å². The Balaban J connectivity index is 2.60.